The van der Waals surface area contributed by atoms with Crippen LogP contribution in [0.2, 0.25) is 0 Å². The number of aryl methyl sites for hydroxylation is 1. The van der Waals surface area contributed by atoms with Gasteiger partial charge in [-0.3, -0.25) is 0 Å². The van der Waals surface area contributed by atoms with Crippen LogP contribution in [0, 0.1) is 6.92 Å². The summed E-state index contributed by atoms with van der Waals surface area (Å²) in [6, 6.07) is 6.13. The average Bonchev–Trinajstić information content (AvgIpc) is 2.41. The van der Waals surface area contributed by atoms with Gasteiger partial charge in [0.2, 0.25) is 0 Å². The summed E-state index contributed by atoms with van der Waals surface area (Å²) in [5.74, 6) is 0.529. The van der Waals surface area contributed by atoms with Crippen LogP contribution in [0.5, 0.6) is 0 Å². The maximum Gasteiger partial charge on any atom is 0.194 e. The highest BCUT2D eigenvalue weighted by molar-refractivity contribution is 5.89. The van der Waals surface area contributed by atoms with Gasteiger partial charge in [-0.1, -0.05) is 32.9 Å². The van der Waals surface area contributed by atoms with Crippen molar-refractivity contribution in [2.75, 3.05) is 5.73 Å². The predicted molar refractivity (Wildman–Crippen MR) is 64.1 cm³/mol. The zero-order chi connectivity index (χ0) is 11.2. The number of rotatable bonds is 0. The number of benzene rings is 1. The van der Waals surface area contributed by atoms with Crippen LogP contribution in [-0.2, 0) is 5.41 Å². The van der Waals surface area contributed by atoms with E-state index >= 15 is 0 Å². The monoisotopic (exact) mass is 203 g/mol. The summed E-state index contributed by atoms with van der Waals surface area (Å²) in [5, 5.41) is 1.17. The summed E-state index contributed by atoms with van der Waals surface area (Å²) in [6.07, 6.45) is 0. The molecule has 15 heavy (non-hydrogen) atoms. The third-order valence-corrected chi connectivity index (χ3v) is 2.80. The number of furan rings is 1. The zero-order valence-corrected chi connectivity index (χ0v) is 9.72. The van der Waals surface area contributed by atoms with E-state index < -0.39 is 0 Å². The molecule has 0 saturated heterocycles. The van der Waals surface area contributed by atoms with Crippen molar-refractivity contribution in [3.8, 4) is 0 Å². The molecule has 0 spiro atoms. The second-order valence-electron chi connectivity index (χ2n) is 5.02. The average molecular weight is 203 g/mol. The number of nitrogen functional groups attached to an aromatic ring is 1. The Morgan fingerprint density at radius 2 is 1.87 bits per heavy atom. The lowest BCUT2D eigenvalue weighted by Crippen LogP contribution is -2.11. The van der Waals surface area contributed by atoms with Crippen LogP contribution in [0.3, 0.4) is 0 Å². The largest absolute Gasteiger partial charge is 0.441 e. The Bertz CT molecular complexity index is 503. The molecule has 2 N–H and O–H groups in total. The molecule has 0 atom stereocenters. The summed E-state index contributed by atoms with van der Waals surface area (Å²) >= 11 is 0. The van der Waals surface area contributed by atoms with Gasteiger partial charge in [0, 0.05) is 10.9 Å². The van der Waals surface area contributed by atoms with Crippen LogP contribution in [0.1, 0.15) is 31.9 Å². The minimum Gasteiger partial charge on any atom is -0.441 e. The predicted octanol–water partition coefficient (Wildman–Crippen LogP) is 3.62. The van der Waals surface area contributed by atoms with E-state index in [0.717, 1.165) is 11.1 Å². The number of nitrogens with two attached hydrogens (primary N) is 1. The van der Waals surface area contributed by atoms with Crippen LogP contribution in [0.4, 0.5) is 5.88 Å². The standard InChI is InChI=1S/C13H17NO/c1-8-11-9(13(2,3)4)6-5-7-10(11)15-12(8)14/h5-7H,14H2,1-4H3. The highest BCUT2D eigenvalue weighted by atomic mass is 16.3. The molecule has 2 heteroatoms. The van der Waals surface area contributed by atoms with E-state index in [1.807, 2.05) is 19.1 Å². The highest BCUT2D eigenvalue weighted by Gasteiger charge is 2.20. The Kier molecular flexibility index (Phi) is 2.03. The van der Waals surface area contributed by atoms with Gasteiger partial charge in [0.05, 0.1) is 0 Å². The molecule has 1 aromatic heterocycles. The van der Waals surface area contributed by atoms with Crippen molar-refractivity contribution in [3.05, 3.63) is 29.3 Å². The van der Waals surface area contributed by atoms with Crippen molar-refractivity contribution in [1.82, 2.24) is 0 Å². The summed E-state index contributed by atoms with van der Waals surface area (Å²) in [4.78, 5) is 0. The summed E-state index contributed by atoms with van der Waals surface area (Å²) in [6.45, 7) is 8.61. The molecule has 0 fully saturated rings. The summed E-state index contributed by atoms with van der Waals surface area (Å²) in [7, 11) is 0. The highest BCUT2D eigenvalue weighted by Crippen LogP contribution is 2.35. The topological polar surface area (TPSA) is 39.2 Å². The number of anilines is 1. The summed E-state index contributed by atoms with van der Waals surface area (Å²) in [5.41, 5.74) is 9.14. The Morgan fingerprint density at radius 3 is 2.47 bits per heavy atom. The molecule has 2 nitrogen and oxygen atoms in total. The third kappa shape index (κ3) is 1.50. The van der Waals surface area contributed by atoms with Gasteiger partial charge in [0.25, 0.3) is 0 Å². The molecule has 2 aromatic rings. The first-order chi connectivity index (χ1) is 6.91. The molecule has 0 amide bonds. The lowest BCUT2D eigenvalue weighted by Gasteiger charge is -2.20. The van der Waals surface area contributed by atoms with Gasteiger partial charge in [0.1, 0.15) is 5.58 Å². The molecule has 1 heterocycles. The molecular formula is C13H17NO. The van der Waals surface area contributed by atoms with Crippen molar-refractivity contribution in [2.45, 2.75) is 33.1 Å². The second kappa shape index (κ2) is 3.02. The first-order valence-corrected chi connectivity index (χ1v) is 5.19. The van der Waals surface area contributed by atoms with Gasteiger partial charge in [0.15, 0.2) is 5.88 Å². The van der Waals surface area contributed by atoms with E-state index in [1.54, 1.807) is 0 Å². The van der Waals surface area contributed by atoms with Crippen LogP contribution >= 0.6 is 0 Å². The molecule has 80 valence electrons. The zero-order valence-electron chi connectivity index (χ0n) is 9.72. The molecule has 0 saturated carbocycles. The Balaban J connectivity index is 2.86. The smallest absolute Gasteiger partial charge is 0.194 e. The normalized spacial score (nSPS) is 12.3. The van der Waals surface area contributed by atoms with Gasteiger partial charge in [-0.15, -0.1) is 0 Å². The van der Waals surface area contributed by atoms with Crippen molar-refractivity contribution in [2.24, 2.45) is 0 Å². The van der Waals surface area contributed by atoms with E-state index in [9.17, 15) is 0 Å². The van der Waals surface area contributed by atoms with E-state index in [-0.39, 0.29) is 5.41 Å². The van der Waals surface area contributed by atoms with Crippen LogP contribution in [0.25, 0.3) is 11.0 Å². The van der Waals surface area contributed by atoms with Crippen LogP contribution in [0.15, 0.2) is 22.6 Å². The SMILES string of the molecule is Cc1c(N)oc2cccc(C(C)(C)C)c12. The molecule has 0 unspecified atom stereocenters. The van der Waals surface area contributed by atoms with Crippen molar-refractivity contribution < 1.29 is 4.42 Å². The maximum absolute atomic E-state index is 5.80. The minimum absolute atomic E-state index is 0.112. The molecule has 0 aliphatic rings. The fourth-order valence-electron chi connectivity index (χ4n) is 1.95. The Hall–Kier alpha value is -1.44. The van der Waals surface area contributed by atoms with Crippen molar-refractivity contribution in [3.63, 3.8) is 0 Å². The van der Waals surface area contributed by atoms with Gasteiger partial charge in [-0.25, -0.2) is 0 Å². The number of hydrogen-bond donors (Lipinski definition) is 1. The number of hydrogen-bond acceptors (Lipinski definition) is 2. The molecule has 0 bridgehead atoms. The van der Waals surface area contributed by atoms with E-state index in [1.165, 1.54) is 10.9 Å². The van der Waals surface area contributed by atoms with Crippen molar-refractivity contribution >= 4 is 16.9 Å². The lowest BCUT2D eigenvalue weighted by atomic mass is 9.84. The fourth-order valence-corrected chi connectivity index (χ4v) is 1.95. The first kappa shape index (κ1) is 10.1. The first-order valence-electron chi connectivity index (χ1n) is 5.19. The molecule has 1 aromatic carbocycles. The van der Waals surface area contributed by atoms with E-state index in [0.29, 0.717) is 5.88 Å². The molecule has 2 rings (SSSR count). The van der Waals surface area contributed by atoms with Crippen molar-refractivity contribution in [1.29, 1.82) is 0 Å². The number of fused-ring (bicyclic) bond motifs is 1. The van der Waals surface area contributed by atoms with Crippen LogP contribution in [-0.4, -0.2) is 0 Å². The van der Waals surface area contributed by atoms with Crippen LogP contribution < -0.4 is 5.73 Å². The quantitative estimate of drug-likeness (QED) is 0.710. The molecule has 0 aliphatic carbocycles. The van der Waals surface area contributed by atoms with E-state index in [2.05, 4.69) is 26.8 Å². The molecular weight excluding hydrogens is 186 g/mol. The fraction of sp³-hybridized carbons (Fsp3) is 0.385. The van der Waals surface area contributed by atoms with Gasteiger partial charge >= 0.3 is 0 Å². The summed E-state index contributed by atoms with van der Waals surface area (Å²) < 4.78 is 5.51. The van der Waals surface area contributed by atoms with Gasteiger partial charge in [-0.05, 0) is 24.0 Å². The van der Waals surface area contributed by atoms with Gasteiger partial charge in [-0.2, -0.15) is 0 Å². The lowest BCUT2D eigenvalue weighted by molar-refractivity contribution is 0.594. The molecule has 0 aliphatic heterocycles. The van der Waals surface area contributed by atoms with Gasteiger partial charge < -0.3 is 10.2 Å². The maximum atomic E-state index is 5.80. The second-order valence-corrected chi connectivity index (χ2v) is 5.02. The Morgan fingerprint density at radius 1 is 1.20 bits per heavy atom. The third-order valence-electron chi connectivity index (χ3n) is 2.80. The molecule has 0 radical (unpaired) electrons. The Labute approximate surface area is 90.1 Å². The van der Waals surface area contributed by atoms with E-state index in [4.69, 9.17) is 10.2 Å². The minimum atomic E-state index is 0.112.